The quantitative estimate of drug-likeness (QED) is 0.785. The zero-order valence-corrected chi connectivity index (χ0v) is 12.2. The molecule has 4 nitrogen and oxygen atoms in total. The molecule has 0 atom stereocenters. The molecule has 0 amide bonds. The molecule has 0 radical (unpaired) electrons. The number of aromatic nitrogens is 2. The Hall–Kier alpha value is -1.94. The van der Waals surface area contributed by atoms with Crippen molar-refractivity contribution in [3.8, 4) is 0 Å². The fourth-order valence-corrected chi connectivity index (χ4v) is 2.16. The second-order valence-electron chi connectivity index (χ2n) is 4.90. The van der Waals surface area contributed by atoms with Gasteiger partial charge in [-0.2, -0.15) is 0 Å². The molecular formula is C16H22N4. The first-order valence-electron chi connectivity index (χ1n) is 7.05. The van der Waals surface area contributed by atoms with Crippen LogP contribution < -0.4 is 10.2 Å². The maximum atomic E-state index is 4.25. The fourth-order valence-electron chi connectivity index (χ4n) is 2.16. The average molecular weight is 270 g/mol. The molecule has 2 rings (SSSR count). The zero-order chi connectivity index (χ0) is 14.2. The first-order chi connectivity index (χ1) is 9.81. The van der Waals surface area contributed by atoms with Crippen LogP contribution in [0.25, 0.3) is 0 Å². The molecule has 0 aliphatic carbocycles. The smallest absolute Gasteiger partial charge is 0.0598 e. The van der Waals surface area contributed by atoms with Gasteiger partial charge in [-0.05, 0) is 36.2 Å². The highest BCUT2D eigenvalue weighted by molar-refractivity contribution is 5.51. The molecule has 106 valence electrons. The number of anilines is 1. The van der Waals surface area contributed by atoms with Gasteiger partial charge in [0, 0.05) is 38.7 Å². The van der Waals surface area contributed by atoms with E-state index in [1.54, 1.807) is 6.20 Å². The van der Waals surface area contributed by atoms with Crippen molar-refractivity contribution in [2.45, 2.75) is 26.4 Å². The molecule has 2 aromatic rings. The first-order valence-corrected chi connectivity index (χ1v) is 7.05. The Morgan fingerprint density at radius 1 is 1.15 bits per heavy atom. The molecule has 0 aromatic carbocycles. The van der Waals surface area contributed by atoms with Crippen LogP contribution in [-0.4, -0.2) is 23.6 Å². The van der Waals surface area contributed by atoms with E-state index in [4.69, 9.17) is 0 Å². The largest absolute Gasteiger partial charge is 0.369 e. The predicted octanol–water partition coefficient (Wildman–Crippen LogP) is 2.61. The Kier molecular flexibility index (Phi) is 5.50. The topological polar surface area (TPSA) is 41.1 Å². The number of nitrogens with one attached hydrogen (secondary N) is 1. The monoisotopic (exact) mass is 270 g/mol. The van der Waals surface area contributed by atoms with Crippen molar-refractivity contribution in [3.05, 3.63) is 54.1 Å². The average Bonchev–Trinajstić information content (AvgIpc) is 2.49. The van der Waals surface area contributed by atoms with E-state index in [0.717, 1.165) is 26.1 Å². The Bertz CT molecular complexity index is 513. The maximum Gasteiger partial charge on any atom is 0.0598 e. The normalized spacial score (nSPS) is 10.5. The fraction of sp³-hybridized carbons (Fsp3) is 0.375. The van der Waals surface area contributed by atoms with Gasteiger partial charge in [0.1, 0.15) is 0 Å². The lowest BCUT2D eigenvalue weighted by atomic mass is 10.2. The van der Waals surface area contributed by atoms with E-state index in [0.29, 0.717) is 0 Å². The summed E-state index contributed by atoms with van der Waals surface area (Å²) in [5, 5.41) is 3.44. The van der Waals surface area contributed by atoms with Crippen molar-refractivity contribution < 1.29 is 0 Å². The molecule has 0 saturated carbocycles. The van der Waals surface area contributed by atoms with Gasteiger partial charge >= 0.3 is 0 Å². The lowest BCUT2D eigenvalue weighted by Gasteiger charge is -2.22. The van der Waals surface area contributed by atoms with Crippen LogP contribution in [0.3, 0.4) is 0 Å². The van der Waals surface area contributed by atoms with Crippen molar-refractivity contribution in [2.24, 2.45) is 0 Å². The van der Waals surface area contributed by atoms with Crippen LogP contribution in [0.2, 0.25) is 0 Å². The minimum atomic E-state index is 0.834. The minimum Gasteiger partial charge on any atom is -0.369 e. The van der Waals surface area contributed by atoms with Gasteiger partial charge in [-0.1, -0.05) is 13.0 Å². The summed E-state index contributed by atoms with van der Waals surface area (Å²) < 4.78 is 0. The van der Waals surface area contributed by atoms with Gasteiger partial charge in [0.05, 0.1) is 11.9 Å². The number of nitrogens with zero attached hydrogens (tertiary/aromatic N) is 3. The van der Waals surface area contributed by atoms with Crippen LogP contribution in [-0.2, 0) is 13.1 Å². The molecule has 20 heavy (non-hydrogen) atoms. The van der Waals surface area contributed by atoms with Gasteiger partial charge in [-0.3, -0.25) is 9.97 Å². The van der Waals surface area contributed by atoms with Gasteiger partial charge in [0.2, 0.25) is 0 Å². The second-order valence-corrected chi connectivity index (χ2v) is 4.90. The van der Waals surface area contributed by atoms with E-state index < -0.39 is 0 Å². The molecule has 4 heteroatoms. The van der Waals surface area contributed by atoms with Crippen LogP contribution in [0.1, 0.15) is 24.5 Å². The molecule has 2 aromatic heterocycles. The Morgan fingerprint density at radius 3 is 2.75 bits per heavy atom. The van der Waals surface area contributed by atoms with E-state index in [1.165, 1.54) is 16.8 Å². The number of hydrogen-bond acceptors (Lipinski definition) is 4. The van der Waals surface area contributed by atoms with Crippen LogP contribution in [0, 0.1) is 0 Å². The van der Waals surface area contributed by atoms with Gasteiger partial charge in [0.25, 0.3) is 0 Å². The van der Waals surface area contributed by atoms with Crippen LogP contribution in [0.4, 0.5) is 5.69 Å². The maximum absolute atomic E-state index is 4.25. The summed E-state index contributed by atoms with van der Waals surface area (Å²) in [4.78, 5) is 10.6. The first kappa shape index (κ1) is 14.5. The molecule has 0 aliphatic heterocycles. The Balaban J connectivity index is 2.07. The summed E-state index contributed by atoms with van der Waals surface area (Å²) in [7, 11) is 2.09. The highest BCUT2D eigenvalue weighted by Gasteiger charge is 2.08. The summed E-state index contributed by atoms with van der Waals surface area (Å²) in [6.07, 6.45) is 8.63. The zero-order valence-electron chi connectivity index (χ0n) is 12.2. The number of pyridine rings is 2. The molecule has 0 fully saturated rings. The SMILES string of the molecule is CCCNCc1ccncc1N(C)Cc1cccnc1. The van der Waals surface area contributed by atoms with Gasteiger partial charge in [-0.25, -0.2) is 0 Å². The van der Waals surface area contributed by atoms with E-state index in [2.05, 4.69) is 46.3 Å². The second kappa shape index (κ2) is 7.60. The van der Waals surface area contributed by atoms with Crippen molar-refractivity contribution >= 4 is 5.69 Å². The molecule has 0 saturated heterocycles. The molecule has 1 N–H and O–H groups in total. The van der Waals surface area contributed by atoms with Crippen LogP contribution >= 0.6 is 0 Å². The summed E-state index contributed by atoms with van der Waals surface area (Å²) in [5.41, 5.74) is 3.64. The summed E-state index contributed by atoms with van der Waals surface area (Å²) in [6.45, 7) is 4.92. The van der Waals surface area contributed by atoms with Gasteiger partial charge < -0.3 is 10.2 Å². The van der Waals surface area contributed by atoms with Crippen molar-refractivity contribution in [2.75, 3.05) is 18.5 Å². The van der Waals surface area contributed by atoms with Gasteiger partial charge in [0.15, 0.2) is 0 Å². The Labute approximate surface area is 120 Å². The van der Waals surface area contributed by atoms with E-state index in [1.807, 2.05) is 24.7 Å². The van der Waals surface area contributed by atoms with Gasteiger partial charge in [-0.15, -0.1) is 0 Å². The molecule has 0 spiro atoms. The lowest BCUT2D eigenvalue weighted by molar-refractivity contribution is 0.673. The number of rotatable bonds is 7. The summed E-state index contributed by atoms with van der Waals surface area (Å²) in [6, 6.07) is 6.14. The van der Waals surface area contributed by atoms with E-state index in [9.17, 15) is 0 Å². The summed E-state index contributed by atoms with van der Waals surface area (Å²) in [5.74, 6) is 0. The van der Waals surface area contributed by atoms with Crippen LogP contribution in [0.15, 0.2) is 43.0 Å². The van der Waals surface area contributed by atoms with E-state index >= 15 is 0 Å². The molecule has 2 heterocycles. The van der Waals surface area contributed by atoms with Crippen molar-refractivity contribution in [1.29, 1.82) is 0 Å². The third-order valence-corrected chi connectivity index (χ3v) is 3.18. The third-order valence-electron chi connectivity index (χ3n) is 3.18. The highest BCUT2D eigenvalue weighted by Crippen LogP contribution is 2.19. The standard InChI is InChI=1S/C16H22N4/c1-3-7-17-11-15-6-9-19-12-16(15)20(2)13-14-5-4-8-18-10-14/h4-6,8-10,12,17H,3,7,11,13H2,1-2H3. The van der Waals surface area contributed by atoms with Crippen molar-refractivity contribution in [3.63, 3.8) is 0 Å². The molecule has 0 aliphatic rings. The highest BCUT2D eigenvalue weighted by atomic mass is 15.1. The Morgan fingerprint density at radius 2 is 2.00 bits per heavy atom. The molecular weight excluding hydrogens is 248 g/mol. The van der Waals surface area contributed by atoms with E-state index in [-0.39, 0.29) is 0 Å². The lowest BCUT2D eigenvalue weighted by Crippen LogP contribution is -2.21. The molecule has 0 unspecified atom stereocenters. The third kappa shape index (κ3) is 4.03. The minimum absolute atomic E-state index is 0.834. The van der Waals surface area contributed by atoms with Crippen LogP contribution in [0.5, 0.6) is 0 Å². The number of hydrogen-bond donors (Lipinski definition) is 1. The predicted molar refractivity (Wildman–Crippen MR) is 82.6 cm³/mol. The summed E-state index contributed by atoms with van der Waals surface area (Å²) >= 11 is 0. The van der Waals surface area contributed by atoms with Crippen molar-refractivity contribution in [1.82, 2.24) is 15.3 Å². The molecule has 0 bridgehead atoms.